The van der Waals surface area contributed by atoms with Gasteiger partial charge in [0.25, 0.3) is 0 Å². The number of amides is 1. The molecule has 1 aliphatic rings. The van der Waals surface area contributed by atoms with Gasteiger partial charge in [-0.1, -0.05) is 43.5 Å². The van der Waals surface area contributed by atoms with Gasteiger partial charge in [0.05, 0.1) is 5.92 Å². The highest BCUT2D eigenvalue weighted by molar-refractivity contribution is 6.30. The van der Waals surface area contributed by atoms with E-state index < -0.39 is 17.4 Å². The Hall–Kier alpha value is -1.55. The zero-order chi connectivity index (χ0) is 16.3. The number of halogens is 1. The monoisotopic (exact) mass is 323 g/mol. The van der Waals surface area contributed by atoms with Crippen LogP contribution in [0.3, 0.4) is 0 Å². The Kier molecular flexibility index (Phi) is 5.12. The number of carbonyl (C=O) groups is 2. The van der Waals surface area contributed by atoms with Crippen molar-refractivity contribution in [2.45, 2.75) is 51.0 Å². The van der Waals surface area contributed by atoms with Gasteiger partial charge < -0.3 is 10.4 Å². The van der Waals surface area contributed by atoms with Gasteiger partial charge in [-0.15, -0.1) is 0 Å². The first kappa shape index (κ1) is 16.8. The fourth-order valence-corrected chi connectivity index (χ4v) is 3.26. The Labute approximate surface area is 135 Å². The molecule has 1 aromatic carbocycles. The summed E-state index contributed by atoms with van der Waals surface area (Å²) in [6, 6.07) is 7.06. The molecule has 0 heterocycles. The van der Waals surface area contributed by atoms with Gasteiger partial charge in [-0.3, -0.25) is 4.79 Å². The van der Waals surface area contributed by atoms with Gasteiger partial charge in [0.1, 0.15) is 5.54 Å². The molecule has 0 aromatic heterocycles. The fourth-order valence-electron chi connectivity index (χ4n) is 3.13. The number of carboxylic acids is 1. The van der Waals surface area contributed by atoms with Crippen molar-refractivity contribution in [2.75, 3.05) is 0 Å². The number of hydrogen-bond donors (Lipinski definition) is 2. The molecule has 1 aliphatic carbocycles. The van der Waals surface area contributed by atoms with Crippen molar-refractivity contribution < 1.29 is 14.7 Å². The van der Waals surface area contributed by atoms with E-state index in [2.05, 4.69) is 5.32 Å². The smallest absolute Gasteiger partial charge is 0.329 e. The van der Waals surface area contributed by atoms with E-state index in [-0.39, 0.29) is 11.8 Å². The van der Waals surface area contributed by atoms with Crippen LogP contribution >= 0.6 is 11.6 Å². The van der Waals surface area contributed by atoms with Gasteiger partial charge in [0.2, 0.25) is 5.91 Å². The second-order valence-corrected chi connectivity index (χ2v) is 6.62. The summed E-state index contributed by atoms with van der Waals surface area (Å²) in [6.45, 7) is 3.68. The van der Waals surface area contributed by atoms with Crippen LogP contribution in [-0.4, -0.2) is 22.5 Å². The van der Waals surface area contributed by atoms with Gasteiger partial charge in [-0.05, 0) is 43.4 Å². The number of nitrogens with one attached hydrogen (secondary N) is 1. The summed E-state index contributed by atoms with van der Waals surface area (Å²) in [5.74, 6) is -1.67. The Morgan fingerprint density at radius 3 is 2.50 bits per heavy atom. The molecule has 0 spiro atoms. The summed E-state index contributed by atoms with van der Waals surface area (Å²) >= 11 is 5.86. The van der Waals surface area contributed by atoms with Crippen LogP contribution in [0.1, 0.15) is 51.0 Å². The molecule has 22 heavy (non-hydrogen) atoms. The van der Waals surface area contributed by atoms with E-state index >= 15 is 0 Å². The number of rotatable bonds is 4. The third-order valence-corrected chi connectivity index (χ3v) is 5.04. The number of benzene rings is 1. The second kappa shape index (κ2) is 6.69. The van der Waals surface area contributed by atoms with Crippen molar-refractivity contribution in [3.8, 4) is 0 Å². The summed E-state index contributed by atoms with van der Waals surface area (Å²) in [5.41, 5.74) is -0.318. The molecule has 120 valence electrons. The van der Waals surface area contributed by atoms with E-state index in [1.165, 1.54) is 0 Å². The molecule has 1 aromatic rings. The predicted molar refractivity (Wildman–Crippen MR) is 86.0 cm³/mol. The lowest BCUT2D eigenvalue weighted by molar-refractivity contribution is -0.152. The molecule has 1 fully saturated rings. The van der Waals surface area contributed by atoms with Crippen molar-refractivity contribution in [1.29, 1.82) is 0 Å². The molecular weight excluding hydrogens is 302 g/mol. The Bertz CT molecular complexity index is 558. The van der Waals surface area contributed by atoms with E-state index in [4.69, 9.17) is 11.6 Å². The lowest BCUT2D eigenvalue weighted by Gasteiger charge is -2.40. The second-order valence-electron chi connectivity index (χ2n) is 6.19. The summed E-state index contributed by atoms with van der Waals surface area (Å²) in [5, 5.41) is 13.1. The molecule has 1 saturated carbocycles. The predicted octanol–water partition coefficient (Wildman–Crippen LogP) is 3.59. The zero-order valence-electron chi connectivity index (χ0n) is 12.9. The van der Waals surface area contributed by atoms with Crippen molar-refractivity contribution in [1.82, 2.24) is 5.32 Å². The van der Waals surface area contributed by atoms with E-state index in [9.17, 15) is 14.7 Å². The van der Waals surface area contributed by atoms with Crippen LogP contribution in [0.5, 0.6) is 0 Å². The minimum Gasteiger partial charge on any atom is -0.479 e. The topological polar surface area (TPSA) is 66.4 Å². The summed E-state index contributed by atoms with van der Waals surface area (Å²) in [7, 11) is 0. The van der Waals surface area contributed by atoms with Crippen molar-refractivity contribution in [3.05, 3.63) is 34.9 Å². The van der Waals surface area contributed by atoms with Crippen LogP contribution in [0.25, 0.3) is 0 Å². The largest absolute Gasteiger partial charge is 0.479 e. The highest BCUT2D eigenvalue weighted by Gasteiger charge is 2.46. The minimum atomic E-state index is -1.14. The fraction of sp³-hybridized carbons (Fsp3) is 0.529. The summed E-state index contributed by atoms with van der Waals surface area (Å²) < 4.78 is 0. The number of carboxylic acid groups (broad SMARTS) is 1. The molecule has 0 bridgehead atoms. The van der Waals surface area contributed by atoms with Crippen molar-refractivity contribution >= 4 is 23.5 Å². The molecule has 3 unspecified atom stereocenters. The first-order valence-corrected chi connectivity index (χ1v) is 8.05. The van der Waals surface area contributed by atoms with E-state index in [1.807, 2.05) is 6.92 Å². The molecular formula is C17H22ClNO3. The lowest BCUT2D eigenvalue weighted by atomic mass is 9.73. The Morgan fingerprint density at radius 2 is 1.95 bits per heavy atom. The third kappa shape index (κ3) is 3.27. The van der Waals surface area contributed by atoms with Crippen LogP contribution in [0.2, 0.25) is 5.02 Å². The average Bonchev–Trinajstić information content (AvgIpc) is 2.49. The van der Waals surface area contributed by atoms with Crippen LogP contribution in [0.15, 0.2) is 24.3 Å². The molecule has 2 N–H and O–H groups in total. The van der Waals surface area contributed by atoms with Gasteiger partial charge >= 0.3 is 5.97 Å². The normalized spacial score (nSPS) is 26.2. The van der Waals surface area contributed by atoms with E-state index in [1.54, 1.807) is 31.2 Å². The maximum atomic E-state index is 12.5. The van der Waals surface area contributed by atoms with Crippen molar-refractivity contribution in [2.24, 2.45) is 5.92 Å². The van der Waals surface area contributed by atoms with E-state index in [0.29, 0.717) is 11.4 Å². The number of aliphatic carboxylic acids is 1. The van der Waals surface area contributed by atoms with Gasteiger partial charge in [-0.25, -0.2) is 4.79 Å². The Morgan fingerprint density at radius 1 is 1.32 bits per heavy atom. The molecule has 0 radical (unpaired) electrons. The molecule has 3 atom stereocenters. The number of hydrogen-bond acceptors (Lipinski definition) is 2. The van der Waals surface area contributed by atoms with E-state index in [0.717, 1.165) is 24.8 Å². The van der Waals surface area contributed by atoms with Crippen molar-refractivity contribution in [3.63, 3.8) is 0 Å². The molecule has 0 saturated heterocycles. The summed E-state index contributed by atoms with van der Waals surface area (Å²) in [6.07, 6.45) is 3.15. The first-order valence-electron chi connectivity index (χ1n) is 7.67. The van der Waals surface area contributed by atoms with Gasteiger partial charge in [0, 0.05) is 5.02 Å². The summed E-state index contributed by atoms with van der Waals surface area (Å²) in [4.78, 5) is 24.3. The molecule has 1 amide bonds. The quantitative estimate of drug-likeness (QED) is 0.889. The lowest BCUT2D eigenvalue weighted by Crippen LogP contribution is -2.60. The maximum Gasteiger partial charge on any atom is 0.329 e. The van der Waals surface area contributed by atoms with Crippen LogP contribution < -0.4 is 5.32 Å². The third-order valence-electron chi connectivity index (χ3n) is 4.79. The zero-order valence-corrected chi connectivity index (χ0v) is 13.7. The number of carbonyl (C=O) groups excluding carboxylic acids is 1. The van der Waals surface area contributed by atoms with Crippen LogP contribution in [0.4, 0.5) is 0 Å². The Balaban J connectivity index is 2.17. The molecule has 4 nitrogen and oxygen atoms in total. The standard InChI is InChI=1S/C17H22ClNO3/c1-11-5-3-4-10-17(11,16(21)22)19-15(20)12(2)13-6-8-14(18)9-7-13/h6-9,11-12H,3-5,10H2,1-2H3,(H,19,20)(H,21,22). The minimum absolute atomic E-state index is 0.0693. The average molecular weight is 324 g/mol. The van der Waals surface area contributed by atoms with Crippen LogP contribution in [-0.2, 0) is 9.59 Å². The SMILES string of the molecule is CC(C(=O)NC1(C(=O)O)CCCCC1C)c1ccc(Cl)cc1. The maximum absolute atomic E-state index is 12.5. The van der Waals surface area contributed by atoms with Crippen LogP contribution in [0, 0.1) is 5.92 Å². The van der Waals surface area contributed by atoms with Gasteiger partial charge in [-0.2, -0.15) is 0 Å². The van der Waals surface area contributed by atoms with Gasteiger partial charge in [0.15, 0.2) is 0 Å². The highest BCUT2D eigenvalue weighted by atomic mass is 35.5. The molecule has 2 rings (SSSR count). The highest BCUT2D eigenvalue weighted by Crippen LogP contribution is 2.34. The first-order chi connectivity index (χ1) is 10.4. The molecule has 5 heteroatoms. The molecule has 0 aliphatic heterocycles.